The smallest absolute Gasteiger partial charge is 0.339 e. The molecular formula is C34H46O13. The summed E-state index contributed by atoms with van der Waals surface area (Å²) in [6, 6.07) is 0. The maximum atomic E-state index is 13.3. The van der Waals surface area contributed by atoms with Crippen molar-refractivity contribution in [3.05, 3.63) is 11.6 Å². The van der Waals surface area contributed by atoms with Gasteiger partial charge < -0.3 is 33.2 Å². The lowest BCUT2D eigenvalue weighted by Gasteiger charge is -2.59. The molecule has 4 unspecified atom stereocenters. The Hall–Kier alpha value is -3.32. The van der Waals surface area contributed by atoms with E-state index >= 15 is 0 Å². The minimum absolute atomic E-state index is 0.00945. The molecule has 13 heteroatoms. The molecule has 0 spiro atoms. The van der Waals surface area contributed by atoms with Crippen LogP contribution in [0.5, 0.6) is 0 Å². The lowest BCUT2D eigenvalue weighted by molar-refractivity contribution is -0.314. The van der Waals surface area contributed by atoms with Crippen molar-refractivity contribution in [2.45, 2.75) is 129 Å². The van der Waals surface area contributed by atoms with Crippen LogP contribution in [0.1, 0.15) is 86.5 Å². The summed E-state index contributed by atoms with van der Waals surface area (Å²) in [7, 11) is 1.13. The Balaban J connectivity index is 1.59. The second-order valence-corrected chi connectivity index (χ2v) is 14.1. The van der Waals surface area contributed by atoms with Gasteiger partial charge in [-0.15, -0.1) is 0 Å². The van der Waals surface area contributed by atoms with Gasteiger partial charge >= 0.3 is 29.8 Å². The standard InChI is InChI=1S/C34H46O13/c1-16(35)42-21-10-12-33(5)20(14-21)15-24(26-22-8-9-25(39)34(22,6)13-11-23(26)33)46-32-30(45-19(4)38)28(44-18(3)37)27(43-17(2)36)29(47-32)31(40)41-7/h15,21-24,26-30,32H,8-14H2,1-7H3/t21-,22?,23?,24?,26?,27-,28-,29-,30+,32+,33-,34-/m0/s1. The summed E-state index contributed by atoms with van der Waals surface area (Å²) in [5.74, 6) is -3.41. The Morgan fingerprint density at radius 1 is 0.766 bits per heavy atom. The Morgan fingerprint density at radius 3 is 1.96 bits per heavy atom. The molecule has 12 atom stereocenters. The molecule has 0 aromatic carbocycles. The van der Waals surface area contributed by atoms with Crippen LogP contribution in [0.15, 0.2) is 11.6 Å². The van der Waals surface area contributed by atoms with Gasteiger partial charge in [0, 0.05) is 46.0 Å². The van der Waals surface area contributed by atoms with Gasteiger partial charge in [-0.2, -0.15) is 0 Å². The lowest BCUT2D eigenvalue weighted by atomic mass is 9.47. The number of carbonyl (C=O) groups is 6. The van der Waals surface area contributed by atoms with E-state index in [0.29, 0.717) is 25.7 Å². The molecule has 4 fully saturated rings. The van der Waals surface area contributed by atoms with Crippen LogP contribution in [0.3, 0.4) is 0 Å². The van der Waals surface area contributed by atoms with Gasteiger partial charge in [-0.25, -0.2) is 4.79 Å². The molecule has 1 heterocycles. The molecule has 5 rings (SSSR count). The topological polar surface area (TPSA) is 167 Å². The highest BCUT2D eigenvalue weighted by molar-refractivity contribution is 5.87. The second-order valence-electron chi connectivity index (χ2n) is 14.1. The maximum absolute atomic E-state index is 13.3. The second kappa shape index (κ2) is 13.3. The zero-order chi connectivity index (χ0) is 34.4. The summed E-state index contributed by atoms with van der Waals surface area (Å²) in [5.41, 5.74) is 0.302. The fraction of sp³-hybridized carbons (Fsp3) is 0.765. The zero-order valence-electron chi connectivity index (χ0n) is 28.1. The van der Waals surface area contributed by atoms with E-state index in [1.807, 2.05) is 13.0 Å². The number of hydrogen-bond donors (Lipinski definition) is 0. The number of fused-ring (bicyclic) bond motifs is 5. The summed E-state index contributed by atoms with van der Waals surface area (Å²) in [4.78, 5) is 75.1. The third kappa shape index (κ3) is 6.57. The Labute approximate surface area is 274 Å². The predicted octanol–water partition coefficient (Wildman–Crippen LogP) is 3.14. The first-order chi connectivity index (χ1) is 22.1. The lowest BCUT2D eigenvalue weighted by Crippen LogP contribution is -2.65. The van der Waals surface area contributed by atoms with Gasteiger partial charge in [0.1, 0.15) is 11.9 Å². The van der Waals surface area contributed by atoms with Crippen LogP contribution in [0.25, 0.3) is 0 Å². The number of ether oxygens (including phenoxy) is 7. The van der Waals surface area contributed by atoms with Crippen LogP contribution in [-0.2, 0) is 61.9 Å². The van der Waals surface area contributed by atoms with Gasteiger partial charge in [0.2, 0.25) is 6.29 Å². The molecule has 0 aromatic heterocycles. The molecule has 1 saturated heterocycles. The van der Waals surface area contributed by atoms with E-state index in [-0.39, 0.29) is 41.0 Å². The van der Waals surface area contributed by atoms with Gasteiger partial charge in [0.25, 0.3) is 0 Å². The van der Waals surface area contributed by atoms with Crippen molar-refractivity contribution >= 4 is 35.6 Å². The van der Waals surface area contributed by atoms with Crippen molar-refractivity contribution in [3.63, 3.8) is 0 Å². The van der Waals surface area contributed by atoms with Crippen LogP contribution in [-0.4, -0.2) is 85.7 Å². The van der Waals surface area contributed by atoms with Crippen molar-refractivity contribution in [3.8, 4) is 0 Å². The molecule has 3 saturated carbocycles. The van der Waals surface area contributed by atoms with E-state index < -0.39 is 66.1 Å². The van der Waals surface area contributed by atoms with Crippen LogP contribution in [0, 0.1) is 28.6 Å². The van der Waals surface area contributed by atoms with Gasteiger partial charge in [-0.05, 0) is 55.3 Å². The van der Waals surface area contributed by atoms with Crippen molar-refractivity contribution in [2.24, 2.45) is 28.6 Å². The fourth-order valence-corrected chi connectivity index (χ4v) is 9.17. The largest absolute Gasteiger partial charge is 0.467 e. The number of ketones is 1. The Bertz CT molecular complexity index is 1340. The third-order valence-corrected chi connectivity index (χ3v) is 11.2. The zero-order valence-corrected chi connectivity index (χ0v) is 28.1. The van der Waals surface area contributed by atoms with Crippen molar-refractivity contribution in [1.82, 2.24) is 0 Å². The number of carbonyl (C=O) groups excluding carboxylic acids is 6. The molecule has 13 nitrogen and oxygen atoms in total. The summed E-state index contributed by atoms with van der Waals surface area (Å²) in [6.45, 7) is 9.07. The molecule has 260 valence electrons. The van der Waals surface area contributed by atoms with E-state index in [1.165, 1.54) is 6.92 Å². The number of Topliss-reactive ketones (excluding diaryl/α,β-unsaturated/α-hetero) is 1. The Morgan fingerprint density at radius 2 is 1.34 bits per heavy atom. The highest BCUT2D eigenvalue weighted by atomic mass is 16.7. The maximum Gasteiger partial charge on any atom is 0.339 e. The van der Waals surface area contributed by atoms with Crippen LogP contribution in [0.2, 0.25) is 0 Å². The number of hydrogen-bond acceptors (Lipinski definition) is 13. The predicted molar refractivity (Wildman–Crippen MR) is 160 cm³/mol. The van der Waals surface area contributed by atoms with Gasteiger partial charge in [0.15, 0.2) is 24.4 Å². The van der Waals surface area contributed by atoms with E-state index in [2.05, 4.69) is 6.92 Å². The van der Waals surface area contributed by atoms with E-state index in [0.717, 1.165) is 52.7 Å². The number of methoxy groups -OCH3 is 1. The summed E-state index contributed by atoms with van der Waals surface area (Å²) in [6.07, 6.45) is -1.73. The Kier molecular flexibility index (Phi) is 9.90. The third-order valence-electron chi connectivity index (χ3n) is 11.2. The summed E-state index contributed by atoms with van der Waals surface area (Å²) < 4.78 is 40.1. The highest BCUT2D eigenvalue weighted by Gasteiger charge is 2.63. The monoisotopic (exact) mass is 662 g/mol. The highest BCUT2D eigenvalue weighted by Crippen LogP contribution is 2.64. The quantitative estimate of drug-likeness (QED) is 0.222. The van der Waals surface area contributed by atoms with Crippen LogP contribution < -0.4 is 0 Å². The van der Waals surface area contributed by atoms with E-state index in [1.54, 1.807) is 0 Å². The average molecular weight is 663 g/mol. The van der Waals surface area contributed by atoms with Crippen LogP contribution in [0.4, 0.5) is 0 Å². The fourth-order valence-electron chi connectivity index (χ4n) is 9.17. The van der Waals surface area contributed by atoms with Gasteiger partial charge in [-0.1, -0.05) is 25.5 Å². The molecule has 47 heavy (non-hydrogen) atoms. The summed E-state index contributed by atoms with van der Waals surface area (Å²) >= 11 is 0. The molecule has 0 N–H and O–H groups in total. The first-order valence-corrected chi connectivity index (χ1v) is 16.4. The normalized spacial score (nSPS) is 40.8. The van der Waals surface area contributed by atoms with E-state index in [9.17, 15) is 28.8 Å². The van der Waals surface area contributed by atoms with Gasteiger partial charge in [-0.3, -0.25) is 24.0 Å². The minimum Gasteiger partial charge on any atom is -0.467 e. The van der Waals surface area contributed by atoms with E-state index in [4.69, 9.17) is 33.2 Å². The molecular weight excluding hydrogens is 616 g/mol. The molecule has 5 aliphatic rings. The molecule has 1 aliphatic heterocycles. The van der Waals surface area contributed by atoms with Crippen LogP contribution >= 0.6 is 0 Å². The molecule has 4 aliphatic carbocycles. The first-order valence-electron chi connectivity index (χ1n) is 16.4. The molecule has 0 radical (unpaired) electrons. The number of esters is 5. The average Bonchev–Trinajstić information content (AvgIpc) is 3.29. The SMILES string of the molecule is COC(=O)[C@H]1O[C@@H](OC2C=C3C[C@@H](OC(C)=O)CC[C@]3(C)C3CC[C@]4(C)C(=O)CCC4C23)[C@H](OC(C)=O)[C@@H](OC(C)=O)[C@@H]1OC(C)=O. The summed E-state index contributed by atoms with van der Waals surface area (Å²) in [5, 5.41) is 0. The molecule has 0 amide bonds. The molecule has 0 bridgehead atoms. The van der Waals surface area contributed by atoms with Crippen molar-refractivity contribution in [2.75, 3.05) is 7.11 Å². The number of rotatable bonds is 7. The van der Waals surface area contributed by atoms with Gasteiger partial charge in [0.05, 0.1) is 13.2 Å². The van der Waals surface area contributed by atoms with Crippen molar-refractivity contribution in [1.29, 1.82) is 0 Å². The first kappa shape index (κ1) is 35.0. The minimum atomic E-state index is -1.59. The van der Waals surface area contributed by atoms with Crippen molar-refractivity contribution < 1.29 is 61.9 Å². The molecule has 0 aromatic rings.